The second kappa shape index (κ2) is 6.42. The van der Waals surface area contributed by atoms with Crippen LogP contribution in [-0.4, -0.2) is 26.9 Å². The Kier molecular flexibility index (Phi) is 4.75. The van der Waals surface area contributed by atoms with Crippen LogP contribution < -0.4 is 10.5 Å². The third kappa shape index (κ3) is 2.82. The van der Waals surface area contributed by atoms with E-state index in [1.54, 1.807) is 7.11 Å². The van der Waals surface area contributed by atoms with Crippen LogP contribution >= 0.6 is 12.4 Å². The molecule has 0 aliphatic rings. The van der Waals surface area contributed by atoms with Gasteiger partial charge in [0, 0.05) is 11.6 Å². The van der Waals surface area contributed by atoms with Crippen LogP contribution in [0.4, 0.5) is 5.82 Å². The van der Waals surface area contributed by atoms with Crippen molar-refractivity contribution in [3.63, 3.8) is 0 Å². The molecular weight excluding hydrogens is 314 g/mol. The minimum absolute atomic E-state index is 0. The van der Waals surface area contributed by atoms with E-state index in [0.29, 0.717) is 5.82 Å². The zero-order valence-electron chi connectivity index (χ0n) is 13.6. The first-order valence-electron chi connectivity index (χ1n) is 7.16. The molecule has 0 saturated carbocycles. The van der Waals surface area contributed by atoms with Gasteiger partial charge in [0.05, 0.1) is 12.5 Å². The number of hydrogen-bond donors (Lipinski definition) is 1. The summed E-state index contributed by atoms with van der Waals surface area (Å²) in [7, 11) is 1.66. The SMILES string of the molecule is COc1ccc(-c2nn(C(C)C)c3ncnc(N)c23)cc1C.Cl. The second-order valence-electron chi connectivity index (χ2n) is 5.53. The van der Waals surface area contributed by atoms with Gasteiger partial charge in [-0.2, -0.15) is 5.10 Å². The molecule has 2 heterocycles. The number of ether oxygens (including phenoxy) is 1. The van der Waals surface area contributed by atoms with Gasteiger partial charge in [0.1, 0.15) is 23.6 Å². The van der Waals surface area contributed by atoms with E-state index in [9.17, 15) is 0 Å². The molecule has 0 amide bonds. The van der Waals surface area contributed by atoms with Crippen LogP contribution in [0.2, 0.25) is 0 Å². The van der Waals surface area contributed by atoms with Gasteiger partial charge in [0.2, 0.25) is 0 Å². The molecule has 0 aliphatic carbocycles. The number of benzene rings is 1. The first-order valence-corrected chi connectivity index (χ1v) is 7.16. The minimum Gasteiger partial charge on any atom is -0.496 e. The van der Waals surface area contributed by atoms with Crippen LogP contribution in [0, 0.1) is 6.92 Å². The third-order valence-corrected chi connectivity index (χ3v) is 3.68. The fourth-order valence-electron chi connectivity index (χ4n) is 2.58. The fourth-order valence-corrected chi connectivity index (χ4v) is 2.58. The molecular formula is C16H20ClN5O. The van der Waals surface area contributed by atoms with E-state index in [1.807, 2.05) is 29.8 Å². The molecule has 6 nitrogen and oxygen atoms in total. The molecule has 2 N–H and O–H groups in total. The Morgan fingerprint density at radius 3 is 2.57 bits per heavy atom. The summed E-state index contributed by atoms with van der Waals surface area (Å²) in [4.78, 5) is 8.46. The Labute approximate surface area is 141 Å². The molecule has 0 fully saturated rings. The van der Waals surface area contributed by atoms with Crippen molar-refractivity contribution in [2.24, 2.45) is 0 Å². The first-order chi connectivity index (χ1) is 10.5. The van der Waals surface area contributed by atoms with E-state index in [-0.39, 0.29) is 18.4 Å². The summed E-state index contributed by atoms with van der Waals surface area (Å²) in [5.41, 5.74) is 9.65. The molecule has 1 aromatic carbocycles. The van der Waals surface area contributed by atoms with Gasteiger partial charge in [0.15, 0.2) is 5.65 Å². The summed E-state index contributed by atoms with van der Waals surface area (Å²) < 4.78 is 7.19. The molecule has 0 unspecified atom stereocenters. The molecule has 0 radical (unpaired) electrons. The normalized spacial score (nSPS) is 10.8. The van der Waals surface area contributed by atoms with Crippen molar-refractivity contribution in [3.05, 3.63) is 30.1 Å². The lowest BCUT2D eigenvalue weighted by Gasteiger charge is -2.06. The predicted molar refractivity (Wildman–Crippen MR) is 94.1 cm³/mol. The summed E-state index contributed by atoms with van der Waals surface area (Å²) in [6.45, 7) is 6.13. The van der Waals surface area contributed by atoms with Crippen LogP contribution in [0.3, 0.4) is 0 Å². The van der Waals surface area contributed by atoms with Crippen LogP contribution in [0.15, 0.2) is 24.5 Å². The van der Waals surface area contributed by atoms with Gasteiger partial charge in [-0.05, 0) is 44.5 Å². The molecule has 2 aromatic heterocycles. The highest BCUT2D eigenvalue weighted by molar-refractivity contribution is 5.98. The van der Waals surface area contributed by atoms with Crippen LogP contribution in [0.25, 0.3) is 22.3 Å². The number of aryl methyl sites for hydroxylation is 1. The van der Waals surface area contributed by atoms with E-state index >= 15 is 0 Å². The average Bonchev–Trinajstić information content (AvgIpc) is 2.88. The fraction of sp³-hybridized carbons (Fsp3) is 0.312. The molecule has 0 bridgehead atoms. The lowest BCUT2D eigenvalue weighted by atomic mass is 10.1. The van der Waals surface area contributed by atoms with E-state index in [0.717, 1.165) is 33.6 Å². The number of rotatable bonds is 3. The maximum absolute atomic E-state index is 6.07. The smallest absolute Gasteiger partial charge is 0.164 e. The summed E-state index contributed by atoms with van der Waals surface area (Å²) in [5, 5.41) is 5.50. The monoisotopic (exact) mass is 333 g/mol. The quantitative estimate of drug-likeness (QED) is 0.794. The molecule has 3 rings (SSSR count). The van der Waals surface area contributed by atoms with Crippen LogP contribution in [-0.2, 0) is 0 Å². The van der Waals surface area contributed by atoms with Crippen LogP contribution in [0.1, 0.15) is 25.5 Å². The van der Waals surface area contributed by atoms with Crippen molar-refractivity contribution in [3.8, 4) is 17.0 Å². The number of aromatic nitrogens is 4. The molecule has 0 atom stereocenters. The topological polar surface area (TPSA) is 78.8 Å². The largest absolute Gasteiger partial charge is 0.496 e. The molecule has 122 valence electrons. The highest BCUT2D eigenvalue weighted by atomic mass is 35.5. The Morgan fingerprint density at radius 1 is 1.22 bits per heavy atom. The minimum atomic E-state index is 0. The number of anilines is 1. The van der Waals surface area contributed by atoms with Crippen molar-refractivity contribution >= 4 is 29.3 Å². The van der Waals surface area contributed by atoms with Crippen molar-refractivity contribution in [2.75, 3.05) is 12.8 Å². The molecule has 0 aliphatic heterocycles. The molecule has 3 aromatic rings. The molecule has 0 saturated heterocycles. The Balaban J connectivity index is 0.00000192. The first kappa shape index (κ1) is 17.0. The Bertz CT molecular complexity index is 844. The summed E-state index contributed by atoms with van der Waals surface area (Å²) in [6, 6.07) is 6.14. The maximum Gasteiger partial charge on any atom is 0.164 e. The third-order valence-electron chi connectivity index (χ3n) is 3.68. The number of hydrogen-bond acceptors (Lipinski definition) is 5. The van der Waals surface area contributed by atoms with Crippen molar-refractivity contribution in [2.45, 2.75) is 26.8 Å². The lowest BCUT2D eigenvalue weighted by molar-refractivity contribution is 0.412. The van der Waals surface area contributed by atoms with Gasteiger partial charge in [-0.15, -0.1) is 12.4 Å². The number of nitrogens with zero attached hydrogens (tertiary/aromatic N) is 4. The van der Waals surface area contributed by atoms with Gasteiger partial charge < -0.3 is 10.5 Å². The zero-order valence-corrected chi connectivity index (χ0v) is 14.4. The van der Waals surface area contributed by atoms with Gasteiger partial charge in [-0.3, -0.25) is 0 Å². The molecule has 0 spiro atoms. The van der Waals surface area contributed by atoms with Gasteiger partial charge in [-0.25, -0.2) is 14.6 Å². The van der Waals surface area contributed by atoms with Crippen molar-refractivity contribution in [1.29, 1.82) is 0 Å². The van der Waals surface area contributed by atoms with E-state index in [2.05, 4.69) is 23.8 Å². The number of nitrogen functional groups attached to an aromatic ring is 1. The highest BCUT2D eigenvalue weighted by Gasteiger charge is 2.18. The second-order valence-corrected chi connectivity index (χ2v) is 5.53. The van der Waals surface area contributed by atoms with Crippen LogP contribution in [0.5, 0.6) is 5.75 Å². The summed E-state index contributed by atoms with van der Waals surface area (Å²) in [6.07, 6.45) is 1.47. The number of nitrogens with two attached hydrogens (primary N) is 1. The molecule has 7 heteroatoms. The van der Waals surface area contributed by atoms with E-state index < -0.39 is 0 Å². The summed E-state index contributed by atoms with van der Waals surface area (Å²) >= 11 is 0. The number of fused-ring (bicyclic) bond motifs is 1. The standard InChI is InChI=1S/C16H19N5O.ClH/c1-9(2)21-16-13(15(17)18-8-19-16)14(20-21)11-5-6-12(22-4)10(3)7-11;/h5-9H,1-4H3,(H2,17,18,19);1H. The number of methoxy groups -OCH3 is 1. The van der Waals surface area contributed by atoms with E-state index in [1.165, 1.54) is 6.33 Å². The van der Waals surface area contributed by atoms with Gasteiger partial charge >= 0.3 is 0 Å². The number of halogens is 1. The Hall–Kier alpha value is -2.34. The van der Waals surface area contributed by atoms with Crippen molar-refractivity contribution in [1.82, 2.24) is 19.7 Å². The predicted octanol–water partition coefficient (Wildman–Crippen LogP) is 3.40. The van der Waals surface area contributed by atoms with Gasteiger partial charge in [0.25, 0.3) is 0 Å². The zero-order chi connectivity index (χ0) is 15.9. The maximum atomic E-state index is 6.07. The van der Waals surface area contributed by atoms with Gasteiger partial charge in [-0.1, -0.05) is 0 Å². The molecule has 23 heavy (non-hydrogen) atoms. The van der Waals surface area contributed by atoms with Crippen molar-refractivity contribution < 1.29 is 4.74 Å². The highest BCUT2D eigenvalue weighted by Crippen LogP contribution is 2.33. The summed E-state index contributed by atoms with van der Waals surface area (Å²) in [5.74, 6) is 1.29. The lowest BCUT2D eigenvalue weighted by Crippen LogP contribution is -2.04. The van der Waals surface area contributed by atoms with E-state index in [4.69, 9.17) is 15.6 Å². The Morgan fingerprint density at radius 2 is 1.96 bits per heavy atom. The average molecular weight is 334 g/mol.